The Hall–Kier alpha value is -2.49. The average Bonchev–Trinajstić information content (AvgIpc) is 2.68. The number of hydrogen-bond acceptors (Lipinski definition) is 3. The monoisotopic (exact) mass is 351 g/mol. The Balaban J connectivity index is 1.47. The van der Waals surface area contributed by atoms with Gasteiger partial charge in [-0.3, -0.25) is 4.79 Å². The molecule has 3 rings (SSSR count). The Bertz CT molecular complexity index is 701. The maximum atomic E-state index is 12.1. The van der Waals surface area contributed by atoms with Crippen LogP contribution in [0.3, 0.4) is 0 Å². The molecule has 0 spiro atoms. The van der Waals surface area contributed by atoms with Gasteiger partial charge in [-0.05, 0) is 67.1 Å². The molecule has 26 heavy (non-hydrogen) atoms. The van der Waals surface area contributed by atoms with Crippen molar-refractivity contribution < 1.29 is 4.79 Å². The largest absolute Gasteiger partial charge is 0.376 e. The van der Waals surface area contributed by atoms with E-state index >= 15 is 0 Å². The van der Waals surface area contributed by atoms with E-state index in [9.17, 15) is 4.79 Å². The van der Waals surface area contributed by atoms with Gasteiger partial charge in [-0.25, -0.2) is 0 Å². The molecule has 2 aromatic rings. The van der Waals surface area contributed by atoms with E-state index in [0.717, 1.165) is 36.8 Å². The number of carbonyl (C=O) groups is 1. The number of rotatable bonds is 6. The van der Waals surface area contributed by atoms with E-state index < -0.39 is 0 Å². The summed E-state index contributed by atoms with van der Waals surface area (Å²) in [6, 6.07) is 16.4. The number of benzene rings is 2. The molecule has 0 aromatic heterocycles. The molecule has 0 aliphatic carbocycles. The van der Waals surface area contributed by atoms with Crippen molar-refractivity contribution >= 4 is 23.0 Å². The predicted octanol–water partition coefficient (Wildman–Crippen LogP) is 4.54. The summed E-state index contributed by atoms with van der Waals surface area (Å²) in [5.41, 5.74) is 4.34. The summed E-state index contributed by atoms with van der Waals surface area (Å²) in [7, 11) is 0. The molecule has 0 radical (unpaired) electrons. The first kappa shape index (κ1) is 18.3. The first-order valence-electron chi connectivity index (χ1n) is 9.61. The number of anilines is 3. The molecule has 0 saturated carbocycles. The second-order valence-electron chi connectivity index (χ2n) is 7.17. The van der Waals surface area contributed by atoms with Crippen LogP contribution in [0.1, 0.15) is 32.3 Å². The zero-order chi connectivity index (χ0) is 18.4. The molecule has 0 unspecified atom stereocenters. The van der Waals surface area contributed by atoms with Gasteiger partial charge in [0, 0.05) is 30.2 Å². The van der Waals surface area contributed by atoms with Gasteiger partial charge in [-0.1, -0.05) is 26.0 Å². The zero-order valence-electron chi connectivity index (χ0n) is 15.8. The Morgan fingerprint density at radius 2 is 1.62 bits per heavy atom. The van der Waals surface area contributed by atoms with Crippen molar-refractivity contribution in [3.8, 4) is 0 Å². The highest BCUT2D eigenvalue weighted by molar-refractivity contribution is 5.93. The van der Waals surface area contributed by atoms with Gasteiger partial charge in [0.2, 0.25) is 5.91 Å². The Morgan fingerprint density at radius 3 is 2.23 bits per heavy atom. The zero-order valence-corrected chi connectivity index (χ0v) is 15.8. The Labute approximate surface area is 156 Å². The number of hydrogen-bond donors (Lipinski definition) is 2. The van der Waals surface area contributed by atoms with Crippen LogP contribution >= 0.6 is 0 Å². The number of piperidine rings is 1. The summed E-state index contributed by atoms with van der Waals surface area (Å²) in [6.07, 6.45) is 3.53. The van der Waals surface area contributed by atoms with Gasteiger partial charge in [0.05, 0.1) is 6.54 Å². The lowest BCUT2D eigenvalue weighted by atomic mass is 9.99. The van der Waals surface area contributed by atoms with E-state index in [-0.39, 0.29) is 12.5 Å². The van der Waals surface area contributed by atoms with Gasteiger partial charge in [-0.15, -0.1) is 0 Å². The summed E-state index contributed by atoms with van der Waals surface area (Å²) in [6.45, 7) is 6.95. The third-order valence-corrected chi connectivity index (χ3v) is 5.12. The van der Waals surface area contributed by atoms with Crippen LogP contribution in [0.4, 0.5) is 17.1 Å². The maximum absolute atomic E-state index is 12.1. The van der Waals surface area contributed by atoms with Gasteiger partial charge in [-0.2, -0.15) is 0 Å². The van der Waals surface area contributed by atoms with Gasteiger partial charge in [0.1, 0.15) is 0 Å². The number of nitrogens with zero attached hydrogens (tertiary/aromatic N) is 1. The van der Waals surface area contributed by atoms with Crippen molar-refractivity contribution in [2.75, 3.05) is 35.2 Å². The highest BCUT2D eigenvalue weighted by atomic mass is 16.1. The van der Waals surface area contributed by atoms with Crippen LogP contribution in [0.25, 0.3) is 0 Å². The van der Waals surface area contributed by atoms with Crippen molar-refractivity contribution in [2.45, 2.75) is 33.1 Å². The van der Waals surface area contributed by atoms with E-state index in [1.165, 1.54) is 24.1 Å². The van der Waals surface area contributed by atoms with Gasteiger partial charge in [0.15, 0.2) is 0 Å². The molecule has 138 valence electrons. The lowest BCUT2D eigenvalue weighted by molar-refractivity contribution is -0.114. The van der Waals surface area contributed by atoms with Crippen molar-refractivity contribution in [1.82, 2.24) is 0 Å². The van der Waals surface area contributed by atoms with Gasteiger partial charge >= 0.3 is 0 Å². The molecule has 0 bridgehead atoms. The maximum Gasteiger partial charge on any atom is 0.243 e. The Morgan fingerprint density at radius 1 is 1.00 bits per heavy atom. The number of aryl methyl sites for hydroxylation is 1. The topological polar surface area (TPSA) is 44.4 Å². The van der Waals surface area contributed by atoms with E-state index in [2.05, 4.69) is 53.6 Å². The minimum absolute atomic E-state index is 0.0379. The summed E-state index contributed by atoms with van der Waals surface area (Å²) in [4.78, 5) is 14.6. The summed E-state index contributed by atoms with van der Waals surface area (Å²) < 4.78 is 0. The molecule has 0 atom stereocenters. The van der Waals surface area contributed by atoms with E-state index in [0.29, 0.717) is 0 Å². The van der Waals surface area contributed by atoms with E-state index in [4.69, 9.17) is 0 Å². The fourth-order valence-corrected chi connectivity index (χ4v) is 3.27. The van der Waals surface area contributed by atoms with Crippen LogP contribution in [0, 0.1) is 5.92 Å². The minimum atomic E-state index is -0.0379. The molecule has 1 aliphatic heterocycles. The van der Waals surface area contributed by atoms with E-state index in [1.54, 1.807) is 0 Å². The molecule has 2 N–H and O–H groups in total. The molecular formula is C22H29N3O. The molecule has 1 heterocycles. The molecule has 2 aromatic carbocycles. The van der Waals surface area contributed by atoms with Crippen LogP contribution in [0.5, 0.6) is 0 Å². The second-order valence-corrected chi connectivity index (χ2v) is 7.17. The lowest BCUT2D eigenvalue weighted by Crippen LogP contribution is -2.32. The van der Waals surface area contributed by atoms with E-state index in [1.807, 2.05) is 24.3 Å². The van der Waals surface area contributed by atoms with Gasteiger partial charge < -0.3 is 15.5 Å². The summed E-state index contributed by atoms with van der Waals surface area (Å²) in [5, 5.41) is 6.11. The molecule has 1 saturated heterocycles. The molecule has 1 fully saturated rings. The molecule has 4 heteroatoms. The summed E-state index contributed by atoms with van der Waals surface area (Å²) in [5.74, 6) is 0.791. The van der Waals surface area contributed by atoms with Crippen LogP contribution in [-0.4, -0.2) is 25.5 Å². The van der Waals surface area contributed by atoms with Crippen molar-refractivity contribution in [2.24, 2.45) is 5.92 Å². The number of carbonyl (C=O) groups excluding carboxylic acids is 1. The SMILES string of the molecule is CCc1ccc(NCC(=O)Nc2ccc(N3CCC(C)CC3)cc2)cc1. The highest BCUT2D eigenvalue weighted by Gasteiger charge is 2.15. The van der Waals surface area contributed by atoms with Crippen molar-refractivity contribution in [3.05, 3.63) is 54.1 Å². The smallest absolute Gasteiger partial charge is 0.243 e. The molecule has 1 amide bonds. The predicted molar refractivity (Wildman–Crippen MR) is 110 cm³/mol. The third kappa shape index (κ3) is 5.01. The first-order valence-corrected chi connectivity index (χ1v) is 9.61. The van der Waals surface area contributed by atoms with Crippen LogP contribution in [0.15, 0.2) is 48.5 Å². The van der Waals surface area contributed by atoms with Crippen LogP contribution < -0.4 is 15.5 Å². The molecular weight excluding hydrogens is 322 g/mol. The fraction of sp³-hybridized carbons (Fsp3) is 0.409. The lowest BCUT2D eigenvalue weighted by Gasteiger charge is -2.32. The fourth-order valence-electron chi connectivity index (χ4n) is 3.27. The quantitative estimate of drug-likeness (QED) is 0.803. The standard InChI is InChI=1S/C22H29N3O/c1-3-18-4-6-19(7-5-18)23-16-22(26)24-20-8-10-21(11-9-20)25-14-12-17(2)13-15-25/h4-11,17,23H,3,12-16H2,1-2H3,(H,24,26). The minimum Gasteiger partial charge on any atom is -0.376 e. The van der Waals surface area contributed by atoms with Crippen LogP contribution in [-0.2, 0) is 11.2 Å². The molecule has 4 nitrogen and oxygen atoms in total. The van der Waals surface area contributed by atoms with Crippen LogP contribution in [0.2, 0.25) is 0 Å². The third-order valence-electron chi connectivity index (χ3n) is 5.12. The normalized spacial score (nSPS) is 14.9. The van der Waals surface area contributed by atoms with Crippen molar-refractivity contribution in [3.63, 3.8) is 0 Å². The Kier molecular flexibility index (Phi) is 6.16. The summed E-state index contributed by atoms with van der Waals surface area (Å²) >= 11 is 0. The first-order chi connectivity index (χ1) is 12.6. The van der Waals surface area contributed by atoms with Crippen molar-refractivity contribution in [1.29, 1.82) is 0 Å². The number of amides is 1. The average molecular weight is 351 g/mol. The highest BCUT2D eigenvalue weighted by Crippen LogP contribution is 2.24. The molecule has 1 aliphatic rings. The number of nitrogens with one attached hydrogen (secondary N) is 2. The van der Waals surface area contributed by atoms with Gasteiger partial charge in [0.25, 0.3) is 0 Å². The second kappa shape index (κ2) is 8.75.